The molecule has 0 bridgehead atoms. The van der Waals surface area contributed by atoms with E-state index in [2.05, 4.69) is 126 Å². The second-order valence-corrected chi connectivity index (χ2v) is 9.81. The van der Waals surface area contributed by atoms with Gasteiger partial charge in [-0.15, -0.1) is 0 Å². The highest BCUT2D eigenvalue weighted by Crippen LogP contribution is 2.41. The maximum absolute atomic E-state index is 6.49. The summed E-state index contributed by atoms with van der Waals surface area (Å²) in [5, 5.41) is 4.28. The summed E-state index contributed by atoms with van der Waals surface area (Å²) in [6.45, 7) is 0. The third-order valence-electron chi connectivity index (χ3n) is 7.44. The molecule has 8 aromatic rings. The molecule has 2 aromatic heterocycles. The SMILES string of the molecule is c1ccc(-c2ccc3oc4cc5c(cc4c3c2)oc2cc(N(c3ccccc3)c3ccccc3)ccc25)cc1. The van der Waals surface area contributed by atoms with Gasteiger partial charge in [0.1, 0.15) is 22.3 Å². The van der Waals surface area contributed by atoms with Crippen LogP contribution in [0, 0.1) is 0 Å². The first-order valence-corrected chi connectivity index (χ1v) is 13.1. The minimum absolute atomic E-state index is 0.848. The van der Waals surface area contributed by atoms with Gasteiger partial charge in [-0.1, -0.05) is 72.8 Å². The van der Waals surface area contributed by atoms with Gasteiger partial charge in [-0.25, -0.2) is 0 Å². The fraction of sp³-hybridized carbons (Fsp3) is 0. The maximum Gasteiger partial charge on any atom is 0.137 e. The smallest absolute Gasteiger partial charge is 0.137 e. The number of para-hydroxylation sites is 2. The number of benzene rings is 6. The zero-order valence-corrected chi connectivity index (χ0v) is 21.0. The fourth-order valence-electron chi connectivity index (χ4n) is 5.58. The van der Waals surface area contributed by atoms with Crippen molar-refractivity contribution in [2.75, 3.05) is 4.90 Å². The Hall–Kier alpha value is -5.28. The quantitative estimate of drug-likeness (QED) is 0.240. The molecule has 0 unspecified atom stereocenters. The van der Waals surface area contributed by atoms with E-state index in [1.165, 1.54) is 11.1 Å². The second-order valence-electron chi connectivity index (χ2n) is 9.81. The highest BCUT2D eigenvalue weighted by atomic mass is 16.3. The molecule has 0 saturated carbocycles. The first-order chi connectivity index (χ1) is 19.3. The van der Waals surface area contributed by atoms with Crippen LogP contribution in [0.25, 0.3) is 55.0 Å². The summed E-state index contributed by atoms with van der Waals surface area (Å²) < 4.78 is 12.8. The van der Waals surface area contributed by atoms with Crippen LogP contribution in [0.2, 0.25) is 0 Å². The molecular weight excluding hydrogens is 478 g/mol. The van der Waals surface area contributed by atoms with E-state index < -0.39 is 0 Å². The van der Waals surface area contributed by atoms with Crippen molar-refractivity contribution < 1.29 is 8.83 Å². The van der Waals surface area contributed by atoms with Crippen LogP contribution in [-0.4, -0.2) is 0 Å². The van der Waals surface area contributed by atoms with Crippen LogP contribution in [-0.2, 0) is 0 Å². The van der Waals surface area contributed by atoms with Crippen LogP contribution >= 0.6 is 0 Å². The van der Waals surface area contributed by atoms with Gasteiger partial charge in [-0.05, 0) is 71.8 Å². The predicted molar refractivity (Wildman–Crippen MR) is 161 cm³/mol. The Morgan fingerprint density at radius 3 is 1.54 bits per heavy atom. The lowest BCUT2D eigenvalue weighted by Crippen LogP contribution is -2.09. The molecule has 184 valence electrons. The third-order valence-corrected chi connectivity index (χ3v) is 7.44. The van der Waals surface area contributed by atoms with Gasteiger partial charge in [0.2, 0.25) is 0 Å². The number of fused-ring (bicyclic) bond motifs is 6. The van der Waals surface area contributed by atoms with E-state index in [1.54, 1.807) is 0 Å². The van der Waals surface area contributed by atoms with E-state index in [-0.39, 0.29) is 0 Å². The van der Waals surface area contributed by atoms with Crippen molar-refractivity contribution in [2.24, 2.45) is 0 Å². The fourth-order valence-corrected chi connectivity index (χ4v) is 5.58. The van der Waals surface area contributed by atoms with Crippen LogP contribution in [0.4, 0.5) is 17.1 Å². The molecule has 0 aliphatic rings. The number of hydrogen-bond acceptors (Lipinski definition) is 3. The van der Waals surface area contributed by atoms with E-state index >= 15 is 0 Å². The van der Waals surface area contributed by atoms with Crippen LogP contribution < -0.4 is 4.90 Å². The largest absolute Gasteiger partial charge is 0.456 e. The molecular formula is C36H23NO2. The molecule has 3 heteroatoms. The Morgan fingerprint density at radius 1 is 0.333 bits per heavy atom. The maximum atomic E-state index is 6.49. The summed E-state index contributed by atoms with van der Waals surface area (Å²) in [6.07, 6.45) is 0. The Morgan fingerprint density at radius 2 is 0.872 bits per heavy atom. The van der Waals surface area contributed by atoms with Gasteiger partial charge in [0.05, 0.1) is 0 Å². The molecule has 0 aliphatic heterocycles. The number of hydrogen-bond donors (Lipinski definition) is 0. The van der Waals surface area contributed by atoms with Gasteiger partial charge in [-0.3, -0.25) is 0 Å². The normalized spacial score (nSPS) is 11.6. The van der Waals surface area contributed by atoms with Crippen molar-refractivity contribution in [3.63, 3.8) is 0 Å². The third kappa shape index (κ3) is 3.59. The molecule has 8 rings (SSSR count). The molecule has 6 aromatic carbocycles. The van der Waals surface area contributed by atoms with Crippen LogP contribution in [0.5, 0.6) is 0 Å². The Bertz CT molecular complexity index is 2070. The van der Waals surface area contributed by atoms with Gasteiger partial charge >= 0.3 is 0 Å². The zero-order valence-electron chi connectivity index (χ0n) is 21.0. The van der Waals surface area contributed by atoms with E-state index in [0.29, 0.717) is 0 Å². The number of nitrogens with zero attached hydrogens (tertiary/aromatic N) is 1. The molecule has 3 nitrogen and oxygen atoms in total. The lowest BCUT2D eigenvalue weighted by atomic mass is 10.0. The Kier molecular flexibility index (Phi) is 4.82. The van der Waals surface area contributed by atoms with Crippen LogP contribution in [0.15, 0.2) is 148 Å². The van der Waals surface area contributed by atoms with Crippen LogP contribution in [0.3, 0.4) is 0 Å². The minimum Gasteiger partial charge on any atom is -0.456 e. The molecule has 0 aliphatic carbocycles. The predicted octanol–water partition coefficient (Wildman–Crippen LogP) is 10.6. The topological polar surface area (TPSA) is 29.5 Å². The molecule has 2 heterocycles. The number of rotatable bonds is 4. The molecule has 0 amide bonds. The van der Waals surface area contributed by atoms with E-state index in [0.717, 1.165) is 60.9 Å². The van der Waals surface area contributed by atoms with Crippen molar-refractivity contribution >= 4 is 60.9 Å². The highest BCUT2D eigenvalue weighted by molar-refractivity contribution is 6.15. The summed E-state index contributed by atoms with van der Waals surface area (Å²) in [6, 6.07) is 48.3. The summed E-state index contributed by atoms with van der Waals surface area (Å²) in [7, 11) is 0. The van der Waals surface area contributed by atoms with Gasteiger partial charge in [0.25, 0.3) is 0 Å². The molecule has 0 atom stereocenters. The summed E-state index contributed by atoms with van der Waals surface area (Å²) in [5.41, 5.74) is 9.04. The average molecular weight is 502 g/mol. The molecule has 0 saturated heterocycles. The highest BCUT2D eigenvalue weighted by Gasteiger charge is 2.17. The van der Waals surface area contributed by atoms with Crippen molar-refractivity contribution in [3.05, 3.63) is 140 Å². The van der Waals surface area contributed by atoms with E-state index in [1.807, 2.05) is 18.2 Å². The van der Waals surface area contributed by atoms with Crippen molar-refractivity contribution in [2.45, 2.75) is 0 Å². The molecule has 0 radical (unpaired) electrons. The summed E-state index contributed by atoms with van der Waals surface area (Å²) >= 11 is 0. The van der Waals surface area contributed by atoms with E-state index in [4.69, 9.17) is 8.83 Å². The van der Waals surface area contributed by atoms with E-state index in [9.17, 15) is 0 Å². The number of furan rings is 2. The monoisotopic (exact) mass is 501 g/mol. The summed E-state index contributed by atoms with van der Waals surface area (Å²) in [4.78, 5) is 2.25. The minimum atomic E-state index is 0.848. The first-order valence-electron chi connectivity index (χ1n) is 13.1. The first kappa shape index (κ1) is 21.8. The van der Waals surface area contributed by atoms with Crippen molar-refractivity contribution in [3.8, 4) is 11.1 Å². The van der Waals surface area contributed by atoms with Gasteiger partial charge in [0.15, 0.2) is 0 Å². The second kappa shape index (κ2) is 8.64. The average Bonchev–Trinajstić information content (AvgIpc) is 3.54. The van der Waals surface area contributed by atoms with Crippen molar-refractivity contribution in [1.29, 1.82) is 0 Å². The van der Waals surface area contributed by atoms with Crippen molar-refractivity contribution in [1.82, 2.24) is 0 Å². The molecule has 39 heavy (non-hydrogen) atoms. The standard InChI is InChI=1S/C36H23NO2/c1-4-10-24(11-5-1)25-16-19-33-30(20-25)32-23-35-31(22-36(32)38-33)29-18-17-28(21-34(29)39-35)37(26-12-6-2-7-13-26)27-14-8-3-9-15-27/h1-23H. The molecule has 0 N–H and O–H groups in total. The van der Waals surface area contributed by atoms with Gasteiger partial charge in [-0.2, -0.15) is 0 Å². The lowest BCUT2D eigenvalue weighted by Gasteiger charge is -2.25. The van der Waals surface area contributed by atoms with Gasteiger partial charge < -0.3 is 13.7 Å². The molecule has 0 fully saturated rings. The molecule has 0 spiro atoms. The zero-order chi connectivity index (χ0) is 25.8. The summed E-state index contributed by atoms with van der Waals surface area (Å²) in [5.74, 6) is 0. The van der Waals surface area contributed by atoms with Gasteiger partial charge in [0, 0.05) is 44.7 Å². The Labute approximate surface area is 225 Å². The Balaban J connectivity index is 1.29. The number of anilines is 3. The van der Waals surface area contributed by atoms with Crippen LogP contribution in [0.1, 0.15) is 0 Å². The lowest BCUT2D eigenvalue weighted by molar-refractivity contribution is 0.664.